The molecule has 0 fully saturated rings. The Labute approximate surface area is 171 Å². The van der Waals surface area contributed by atoms with E-state index >= 15 is 0 Å². The van der Waals surface area contributed by atoms with Gasteiger partial charge in [0.15, 0.2) is 6.04 Å². The second-order valence-corrected chi connectivity index (χ2v) is 9.19. The van der Waals surface area contributed by atoms with Crippen molar-refractivity contribution in [2.75, 3.05) is 20.6 Å². The fourth-order valence-corrected chi connectivity index (χ4v) is 4.17. The van der Waals surface area contributed by atoms with Crippen LogP contribution in [0.25, 0.3) is 0 Å². The number of ketones is 1. The van der Waals surface area contributed by atoms with Crippen molar-refractivity contribution in [3.05, 3.63) is 12.2 Å². The van der Waals surface area contributed by atoms with Crippen LogP contribution in [0, 0.1) is 0 Å². The molecule has 2 heteroatoms. The van der Waals surface area contributed by atoms with E-state index in [1.54, 1.807) is 0 Å². The summed E-state index contributed by atoms with van der Waals surface area (Å²) in [6.45, 7) is 11.3. The van der Waals surface area contributed by atoms with E-state index in [1.165, 1.54) is 83.5 Å². The first-order valence-electron chi connectivity index (χ1n) is 11.9. The van der Waals surface area contributed by atoms with Gasteiger partial charge in [-0.2, -0.15) is 0 Å². The summed E-state index contributed by atoms with van der Waals surface area (Å²) in [4.78, 5) is 12.6. The van der Waals surface area contributed by atoms with Gasteiger partial charge >= 0.3 is 0 Å². The first-order valence-corrected chi connectivity index (χ1v) is 11.9. The highest BCUT2D eigenvalue weighted by Crippen LogP contribution is 2.20. The van der Waals surface area contributed by atoms with E-state index in [0.717, 1.165) is 29.4 Å². The summed E-state index contributed by atoms with van der Waals surface area (Å²) in [6, 6.07) is 0.0927. The van der Waals surface area contributed by atoms with Crippen LogP contribution in [0.15, 0.2) is 12.2 Å². The van der Waals surface area contributed by atoms with Crippen LogP contribution < -0.4 is 0 Å². The number of nitrogens with zero attached hydrogens (tertiary/aromatic N) is 1. The van der Waals surface area contributed by atoms with Crippen LogP contribution in [-0.4, -0.2) is 36.9 Å². The lowest BCUT2D eigenvalue weighted by atomic mass is 9.96. The summed E-state index contributed by atoms with van der Waals surface area (Å²) < 4.78 is 0.806. The predicted octanol–water partition coefficient (Wildman–Crippen LogP) is 7.47. The monoisotopic (exact) mass is 380 g/mol. The summed E-state index contributed by atoms with van der Waals surface area (Å²) in [7, 11) is 4.41. The predicted molar refractivity (Wildman–Crippen MR) is 121 cm³/mol. The highest BCUT2D eigenvalue weighted by molar-refractivity contribution is 5.97. The van der Waals surface area contributed by atoms with Gasteiger partial charge in [0, 0.05) is 6.42 Å². The molecular weight excluding hydrogens is 330 g/mol. The maximum absolute atomic E-state index is 12.6. The third-order valence-electron chi connectivity index (χ3n) is 5.95. The highest BCUT2D eigenvalue weighted by Gasteiger charge is 2.33. The van der Waals surface area contributed by atoms with Crippen LogP contribution in [0.5, 0.6) is 0 Å². The SMILES string of the molecule is C=C(C)C(=O)C(CCCCCCCCCCCCCCC)[N+](C)(C)CCC. The number of Topliss-reactive ketones (excluding diaryl/α,β-unsaturated/α-hetero) is 1. The van der Waals surface area contributed by atoms with Gasteiger partial charge in [0.2, 0.25) is 5.78 Å². The Kier molecular flexibility index (Phi) is 16.0. The third-order valence-corrected chi connectivity index (χ3v) is 5.95. The van der Waals surface area contributed by atoms with Crippen molar-refractivity contribution in [2.45, 2.75) is 123 Å². The van der Waals surface area contributed by atoms with Crippen molar-refractivity contribution in [1.29, 1.82) is 0 Å². The van der Waals surface area contributed by atoms with Crippen molar-refractivity contribution >= 4 is 5.78 Å². The van der Waals surface area contributed by atoms with Gasteiger partial charge in [-0.1, -0.05) is 97.5 Å². The van der Waals surface area contributed by atoms with Crippen LogP contribution in [0.4, 0.5) is 0 Å². The highest BCUT2D eigenvalue weighted by atomic mass is 16.1. The molecule has 0 saturated heterocycles. The van der Waals surface area contributed by atoms with Gasteiger partial charge < -0.3 is 4.48 Å². The maximum Gasteiger partial charge on any atom is 0.215 e. The van der Waals surface area contributed by atoms with E-state index in [0.29, 0.717) is 0 Å². The fraction of sp³-hybridized carbons (Fsp3) is 0.880. The van der Waals surface area contributed by atoms with Gasteiger partial charge in [0.05, 0.1) is 20.6 Å². The van der Waals surface area contributed by atoms with E-state index in [4.69, 9.17) is 0 Å². The van der Waals surface area contributed by atoms with Gasteiger partial charge in [0.1, 0.15) is 0 Å². The lowest BCUT2D eigenvalue weighted by molar-refractivity contribution is -0.906. The molecule has 0 aromatic heterocycles. The second kappa shape index (κ2) is 16.3. The minimum absolute atomic E-state index is 0.0927. The molecule has 0 saturated carbocycles. The summed E-state index contributed by atoms with van der Waals surface area (Å²) in [5, 5.41) is 0. The molecule has 0 bridgehead atoms. The molecule has 0 rings (SSSR count). The zero-order valence-corrected chi connectivity index (χ0v) is 19.5. The Balaban J connectivity index is 3.83. The van der Waals surface area contributed by atoms with E-state index in [-0.39, 0.29) is 11.8 Å². The van der Waals surface area contributed by atoms with Gasteiger partial charge in [-0.05, 0) is 25.3 Å². The normalized spacial score (nSPS) is 12.9. The van der Waals surface area contributed by atoms with Crippen molar-refractivity contribution < 1.29 is 9.28 Å². The van der Waals surface area contributed by atoms with E-state index in [9.17, 15) is 4.79 Å². The van der Waals surface area contributed by atoms with E-state index < -0.39 is 0 Å². The number of hydrogen-bond donors (Lipinski definition) is 0. The molecule has 0 aromatic carbocycles. The molecule has 0 N–H and O–H groups in total. The molecule has 0 spiro atoms. The standard InChI is InChI=1S/C25H50NO/c1-7-9-10-11-12-13-14-15-16-17-18-19-20-21-24(25(27)23(3)4)26(5,6)22-8-2/h24H,3,7-22H2,1-2,4-6H3/q+1. The van der Waals surface area contributed by atoms with Crippen molar-refractivity contribution in [1.82, 2.24) is 0 Å². The maximum atomic E-state index is 12.6. The Hall–Kier alpha value is -0.630. The molecule has 0 aromatic rings. The van der Waals surface area contributed by atoms with Crippen LogP contribution in [0.3, 0.4) is 0 Å². The Morgan fingerprint density at radius 1 is 0.741 bits per heavy atom. The number of hydrogen-bond acceptors (Lipinski definition) is 1. The number of quaternary nitrogens is 1. The first kappa shape index (κ1) is 26.4. The Morgan fingerprint density at radius 2 is 1.15 bits per heavy atom. The smallest absolute Gasteiger partial charge is 0.215 e. The molecule has 0 heterocycles. The van der Waals surface area contributed by atoms with Crippen LogP contribution in [0.2, 0.25) is 0 Å². The zero-order valence-electron chi connectivity index (χ0n) is 19.5. The average Bonchev–Trinajstić information content (AvgIpc) is 2.61. The molecule has 160 valence electrons. The van der Waals surface area contributed by atoms with Gasteiger partial charge in [-0.25, -0.2) is 0 Å². The van der Waals surface area contributed by atoms with Crippen LogP contribution in [0.1, 0.15) is 117 Å². The Bertz CT molecular complexity index is 386. The first-order chi connectivity index (χ1) is 12.9. The molecule has 0 aliphatic carbocycles. The molecule has 0 aliphatic rings. The molecule has 2 nitrogen and oxygen atoms in total. The van der Waals surface area contributed by atoms with Gasteiger partial charge in [0.25, 0.3) is 0 Å². The number of carbonyl (C=O) groups excluding carboxylic acids is 1. The number of likely N-dealkylation sites (N-methyl/N-ethyl adjacent to an activating group) is 1. The molecular formula is C25H50NO+. The summed E-state index contributed by atoms with van der Waals surface area (Å²) in [5.41, 5.74) is 0.719. The molecule has 0 radical (unpaired) electrons. The van der Waals surface area contributed by atoms with Gasteiger partial charge in [-0.3, -0.25) is 4.79 Å². The lowest BCUT2D eigenvalue weighted by Gasteiger charge is -2.37. The van der Waals surface area contributed by atoms with Crippen LogP contribution >= 0.6 is 0 Å². The quantitative estimate of drug-likeness (QED) is 0.129. The minimum Gasteiger partial charge on any atom is -0.320 e. The molecule has 1 unspecified atom stereocenters. The third kappa shape index (κ3) is 13.2. The molecule has 0 amide bonds. The lowest BCUT2D eigenvalue weighted by Crippen LogP contribution is -2.53. The van der Waals surface area contributed by atoms with E-state index in [1.807, 2.05) is 6.92 Å². The molecule has 27 heavy (non-hydrogen) atoms. The van der Waals surface area contributed by atoms with Gasteiger partial charge in [-0.15, -0.1) is 0 Å². The largest absolute Gasteiger partial charge is 0.320 e. The van der Waals surface area contributed by atoms with Crippen molar-refractivity contribution in [2.24, 2.45) is 0 Å². The number of unbranched alkanes of at least 4 members (excludes halogenated alkanes) is 12. The summed E-state index contributed by atoms with van der Waals surface area (Å²) >= 11 is 0. The zero-order chi connectivity index (χ0) is 20.5. The number of rotatable bonds is 19. The minimum atomic E-state index is 0.0927. The van der Waals surface area contributed by atoms with Crippen molar-refractivity contribution in [3.8, 4) is 0 Å². The molecule has 1 atom stereocenters. The second-order valence-electron chi connectivity index (χ2n) is 9.19. The van der Waals surface area contributed by atoms with E-state index in [2.05, 4.69) is 34.5 Å². The topological polar surface area (TPSA) is 17.1 Å². The fourth-order valence-electron chi connectivity index (χ4n) is 4.17. The van der Waals surface area contributed by atoms with Crippen molar-refractivity contribution in [3.63, 3.8) is 0 Å². The van der Waals surface area contributed by atoms with Crippen LogP contribution in [-0.2, 0) is 4.79 Å². The average molecular weight is 381 g/mol. The Morgan fingerprint density at radius 3 is 1.52 bits per heavy atom. The molecule has 0 aliphatic heterocycles. The summed E-state index contributed by atoms with van der Waals surface area (Å²) in [6.07, 6.45) is 20.0. The number of carbonyl (C=O) groups is 1. The summed E-state index contributed by atoms with van der Waals surface area (Å²) in [5.74, 6) is 0.271.